The molecule has 0 fully saturated rings. The van der Waals surface area contributed by atoms with Crippen LogP contribution in [0.3, 0.4) is 0 Å². The zero-order valence-corrected chi connectivity index (χ0v) is 12.4. The Kier molecular flexibility index (Phi) is 5.60. The van der Waals surface area contributed by atoms with Crippen molar-refractivity contribution in [2.75, 3.05) is 13.7 Å². The van der Waals surface area contributed by atoms with Crippen LogP contribution in [-0.4, -0.2) is 13.7 Å². The Labute approximate surface area is 121 Å². The Morgan fingerprint density at radius 3 is 2.85 bits per heavy atom. The Morgan fingerprint density at radius 1 is 1.30 bits per heavy atom. The minimum Gasteiger partial charge on any atom is -0.497 e. The summed E-state index contributed by atoms with van der Waals surface area (Å²) in [4.78, 5) is 0. The van der Waals surface area contributed by atoms with E-state index in [9.17, 15) is 4.39 Å². The normalized spacial score (nSPS) is 17.2. The average molecular weight is 277 g/mol. The molecule has 1 aromatic rings. The van der Waals surface area contributed by atoms with Crippen LogP contribution in [-0.2, 0) is 0 Å². The van der Waals surface area contributed by atoms with Crippen molar-refractivity contribution in [1.82, 2.24) is 5.32 Å². The Balaban J connectivity index is 2.29. The van der Waals surface area contributed by atoms with E-state index in [0.717, 1.165) is 24.9 Å². The van der Waals surface area contributed by atoms with Crippen molar-refractivity contribution in [3.05, 3.63) is 41.2 Å². The number of hydrogen-bond donors (Lipinski definition) is 1. The molecule has 1 aromatic carbocycles. The fraction of sp³-hybridized carbons (Fsp3) is 0.529. The van der Waals surface area contributed by atoms with Gasteiger partial charge in [-0.3, -0.25) is 0 Å². The second kappa shape index (κ2) is 7.44. The number of halogens is 1. The maximum atomic E-state index is 14.3. The van der Waals surface area contributed by atoms with Crippen LogP contribution >= 0.6 is 0 Å². The molecule has 2 rings (SSSR count). The van der Waals surface area contributed by atoms with Gasteiger partial charge in [0.2, 0.25) is 0 Å². The zero-order valence-electron chi connectivity index (χ0n) is 12.4. The Hall–Kier alpha value is -1.35. The molecule has 1 unspecified atom stereocenters. The molecule has 1 N–H and O–H groups in total. The fourth-order valence-electron chi connectivity index (χ4n) is 2.82. The summed E-state index contributed by atoms with van der Waals surface area (Å²) in [5.41, 5.74) is 2.05. The van der Waals surface area contributed by atoms with Gasteiger partial charge in [0.25, 0.3) is 0 Å². The number of ether oxygens (including phenoxy) is 1. The van der Waals surface area contributed by atoms with Gasteiger partial charge in [-0.05, 0) is 38.3 Å². The molecule has 0 aromatic heterocycles. The Bertz CT molecular complexity index is 470. The van der Waals surface area contributed by atoms with Gasteiger partial charge in [-0.25, -0.2) is 4.39 Å². The molecule has 0 radical (unpaired) electrons. The topological polar surface area (TPSA) is 21.3 Å². The molecule has 0 aliphatic heterocycles. The van der Waals surface area contributed by atoms with E-state index in [1.54, 1.807) is 7.11 Å². The molecule has 1 aliphatic carbocycles. The molecule has 0 heterocycles. The van der Waals surface area contributed by atoms with E-state index in [0.29, 0.717) is 5.75 Å². The molecule has 0 amide bonds. The minimum atomic E-state index is -0.194. The standard InChI is InChI=1S/C17H24FNO/c1-3-19-17(13-8-6-4-5-7-9-13)15-11-10-14(20-2)12-16(15)18/h8,10-12,17,19H,3-7,9H2,1-2H3. The van der Waals surface area contributed by atoms with Crippen LogP contribution in [0.2, 0.25) is 0 Å². The number of allylic oxidation sites excluding steroid dienone is 1. The summed E-state index contributed by atoms with van der Waals surface area (Å²) in [6.07, 6.45) is 8.17. The van der Waals surface area contributed by atoms with Crippen molar-refractivity contribution in [3.63, 3.8) is 0 Å². The minimum absolute atomic E-state index is 0.0102. The summed E-state index contributed by atoms with van der Waals surface area (Å²) in [6.45, 7) is 2.89. The lowest BCUT2D eigenvalue weighted by atomic mass is 9.94. The number of likely N-dealkylation sites (N-methyl/N-ethyl adjacent to an activating group) is 1. The highest BCUT2D eigenvalue weighted by molar-refractivity contribution is 5.35. The number of hydrogen-bond acceptors (Lipinski definition) is 2. The maximum absolute atomic E-state index is 14.3. The summed E-state index contributed by atoms with van der Waals surface area (Å²) in [5, 5.41) is 3.43. The highest BCUT2D eigenvalue weighted by atomic mass is 19.1. The largest absolute Gasteiger partial charge is 0.497 e. The smallest absolute Gasteiger partial charge is 0.132 e. The summed E-state index contributed by atoms with van der Waals surface area (Å²) in [7, 11) is 1.56. The van der Waals surface area contributed by atoms with Gasteiger partial charge in [-0.15, -0.1) is 0 Å². The van der Waals surface area contributed by atoms with E-state index in [4.69, 9.17) is 4.74 Å². The van der Waals surface area contributed by atoms with E-state index in [2.05, 4.69) is 18.3 Å². The van der Waals surface area contributed by atoms with Crippen LogP contribution in [0.4, 0.5) is 4.39 Å². The zero-order chi connectivity index (χ0) is 14.4. The van der Waals surface area contributed by atoms with E-state index in [-0.39, 0.29) is 11.9 Å². The molecule has 2 nitrogen and oxygen atoms in total. The Morgan fingerprint density at radius 2 is 2.15 bits per heavy atom. The predicted molar refractivity (Wildman–Crippen MR) is 80.5 cm³/mol. The molecule has 1 atom stereocenters. The van der Waals surface area contributed by atoms with Crippen molar-refractivity contribution in [2.24, 2.45) is 0 Å². The van der Waals surface area contributed by atoms with Gasteiger partial charge in [0, 0.05) is 11.6 Å². The van der Waals surface area contributed by atoms with Gasteiger partial charge >= 0.3 is 0 Å². The highest BCUT2D eigenvalue weighted by Crippen LogP contribution is 2.31. The number of benzene rings is 1. The predicted octanol–water partition coefficient (Wildman–Crippen LogP) is 4.38. The van der Waals surface area contributed by atoms with Crippen molar-refractivity contribution >= 4 is 0 Å². The molecule has 0 bridgehead atoms. The summed E-state index contributed by atoms with van der Waals surface area (Å²) >= 11 is 0. The third kappa shape index (κ3) is 3.60. The van der Waals surface area contributed by atoms with Crippen LogP contribution < -0.4 is 10.1 Å². The quantitative estimate of drug-likeness (QED) is 0.807. The first-order chi connectivity index (χ1) is 9.76. The number of nitrogens with one attached hydrogen (secondary N) is 1. The molecule has 20 heavy (non-hydrogen) atoms. The number of methoxy groups -OCH3 is 1. The molecular formula is C17H24FNO. The number of rotatable bonds is 5. The van der Waals surface area contributed by atoms with Gasteiger partial charge in [0.1, 0.15) is 11.6 Å². The van der Waals surface area contributed by atoms with E-state index >= 15 is 0 Å². The van der Waals surface area contributed by atoms with Gasteiger partial charge in [-0.2, -0.15) is 0 Å². The SMILES string of the molecule is CCNC(C1=CCCCCC1)c1ccc(OC)cc1F. The first kappa shape index (κ1) is 15.0. The van der Waals surface area contributed by atoms with Crippen molar-refractivity contribution in [3.8, 4) is 5.75 Å². The first-order valence-electron chi connectivity index (χ1n) is 7.52. The summed E-state index contributed by atoms with van der Waals surface area (Å²) in [5.74, 6) is 0.372. The molecular weight excluding hydrogens is 253 g/mol. The van der Waals surface area contributed by atoms with E-state index < -0.39 is 0 Å². The van der Waals surface area contributed by atoms with Crippen LogP contribution in [0.1, 0.15) is 50.6 Å². The van der Waals surface area contributed by atoms with Crippen molar-refractivity contribution in [1.29, 1.82) is 0 Å². The van der Waals surface area contributed by atoms with Gasteiger partial charge in [0.05, 0.1) is 13.2 Å². The monoisotopic (exact) mass is 277 g/mol. The third-order valence-corrected chi connectivity index (χ3v) is 3.87. The molecule has 0 spiro atoms. The van der Waals surface area contributed by atoms with Gasteiger partial charge in [-0.1, -0.05) is 31.1 Å². The van der Waals surface area contributed by atoms with Gasteiger partial charge in [0.15, 0.2) is 0 Å². The van der Waals surface area contributed by atoms with Crippen molar-refractivity contribution < 1.29 is 9.13 Å². The molecule has 3 heteroatoms. The van der Waals surface area contributed by atoms with Crippen LogP contribution in [0, 0.1) is 5.82 Å². The maximum Gasteiger partial charge on any atom is 0.132 e. The second-order valence-corrected chi connectivity index (χ2v) is 5.26. The molecule has 0 saturated carbocycles. The average Bonchev–Trinajstić information content (AvgIpc) is 2.74. The fourth-order valence-corrected chi connectivity index (χ4v) is 2.82. The lowest BCUT2D eigenvalue weighted by Crippen LogP contribution is -2.24. The summed E-state index contributed by atoms with van der Waals surface area (Å²) < 4.78 is 19.4. The van der Waals surface area contributed by atoms with Gasteiger partial charge < -0.3 is 10.1 Å². The van der Waals surface area contributed by atoms with E-state index in [1.807, 2.05) is 12.1 Å². The summed E-state index contributed by atoms with van der Waals surface area (Å²) in [6, 6.07) is 5.13. The molecule has 110 valence electrons. The lowest BCUT2D eigenvalue weighted by Gasteiger charge is -2.22. The third-order valence-electron chi connectivity index (χ3n) is 3.87. The highest BCUT2D eigenvalue weighted by Gasteiger charge is 2.20. The van der Waals surface area contributed by atoms with Crippen LogP contribution in [0.25, 0.3) is 0 Å². The van der Waals surface area contributed by atoms with Crippen LogP contribution in [0.5, 0.6) is 5.75 Å². The van der Waals surface area contributed by atoms with Crippen LogP contribution in [0.15, 0.2) is 29.8 Å². The van der Waals surface area contributed by atoms with Crippen molar-refractivity contribution in [2.45, 2.75) is 45.1 Å². The lowest BCUT2D eigenvalue weighted by molar-refractivity contribution is 0.409. The first-order valence-corrected chi connectivity index (χ1v) is 7.52. The molecule has 1 aliphatic rings. The second-order valence-electron chi connectivity index (χ2n) is 5.26. The van der Waals surface area contributed by atoms with E-state index in [1.165, 1.54) is 30.9 Å². The molecule has 0 saturated heterocycles.